The molecular formula is C45H35N5. The van der Waals surface area contributed by atoms with E-state index in [1.165, 1.54) is 43.4 Å². The maximum absolute atomic E-state index is 5.05. The number of para-hydroxylation sites is 3. The van der Waals surface area contributed by atoms with Crippen LogP contribution in [0.4, 0.5) is 0 Å². The van der Waals surface area contributed by atoms with E-state index in [1.807, 2.05) is 12.3 Å². The maximum Gasteiger partial charge on any atom is 0.140 e. The first-order valence-corrected chi connectivity index (χ1v) is 17.2. The van der Waals surface area contributed by atoms with Gasteiger partial charge in [0.15, 0.2) is 0 Å². The van der Waals surface area contributed by atoms with Gasteiger partial charge in [0.1, 0.15) is 11.6 Å². The molecule has 0 aliphatic rings. The molecule has 0 unspecified atom stereocenters. The lowest BCUT2D eigenvalue weighted by Crippen LogP contribution is -2.12. The molecule has 0 aliphatic carbocycles. The third-order valence-electron chi connectivity index (χ3n) is 10.4. The number of benzene rings is 6. The molecule has 240 valence electrons. The third kappa shape index (κ3) is 4.19. The van der Waals surface area contributed by atoms with Crippen LogP contribution in [0.5, 0.6) is 0 Å². The quantitative estimate of drug-likeness (QED) is 0.192. The van der Waals surface area contributed by atoms with Gasteiger partial charge in [0.2, 0.25) is 0 Å². The number of hydrogen-bond acceptors (Lipinski definition) is 2. The van der Waals surface area contributed by atoms with Crippen LogP contribution in [0.25, 0.3) is 88.3 Å². The van der Waals surface area contributed by atoms with Crippen LogP contribution in [0, 0.1) is 0 Å². The highest BCUT2D eigenvalue weighted by Gasteiger charge is 2.21. The van der Waals surface area contributed by atoms with Crippen molar-refractivity contribution in [3.8, 4) is 22.9 Å². The largest absolute Gasteiger partial charge is 0.327 e. The molecule has 50 heavy (non-hydrogen) atoms. The number of imidazole rings is 1. The van der Waals surface area contributed by atoms with Gasteiger partial charge in [-0.25, -0.2) is 9.97 Å². The zero-order chi connectivity index (χ0) is 33.7. The normalized spacial score (nSPS) is 12.4. The van der Waals surface area contributed by atoms with Crippen LogP contribution in [0.1, 0.15) is 26.3 Å². The number of aryl methyl sites for hydroxylation is 1. The highest BCUT2D eigenvalue weighted by molar-refractivity contribution is 6.15. The van der Waals surface area contributed by atoms with E-state index in [2.05, 4.69) is 169 Å². The predicted octanol–water partition coefficient (Wildman–Crippen LogP) is 11.3. The van der Waals surface area contributed by atoms with E-state index < -0.39 is 0 Å². The molecule has 4 heterocycles. The minimum absolute atomic E-state index is 0.00591. The molecule has 0 spiro atoms. The van der Waals surface area contributed by atoms with Gasteiger partial charge < -0.3 is 9.13 Å². The molecule has 0 saturated carbocycles. The van der Waals surface area contributed by atoms with Crippen molar-refractivity contribution in [2.75, 3.05) is 0 Å². The van der Waals surface area contributed by atoms with Crippen molar-refractivity contribution < 1.29 is 0 Å². The van der Waals surface area contributed by atoms with Crippen LogP contribution < -0.4 is 0 Å². The van der Waals surface area contributed by atoms with Crippen LogP contribution in [-0.2, 0) is 12.5 Å². The summed E-state index contributed by atoms with van der Waals surface area (Å²) in [6.07, 6.45) is 1.95. The van der Waals surface area contributed by atoms with Crippen molar-refractivity contribution in [3.05, 3.63) is 145 Å². The monoisotopic (exact) mass is 645 g/mol. The Balaban J connectivity index is 1.27. The second-order valence-electron chi connectivity index (χ2n) is 14.5. The highest BCUT2D eigenvalue weighted by atomic mass is 15.1. The van der Waals surface area contributed by atoms with Crippen LogP contribution in [0.15, 0.2) is 140 Å². The van der Waals surface area contributed by atoms with Crippen LogP contribution >= 0.6 is 0 Å². The first kappa shape index (κ1) is 28.8. The highest BCUT2D eigenvalue weighted by Crippen LogP contribution is 2.39. The van der Waals surface area contributed by atoms with Crippen molar-refractivity contribution in [1.29, 1.82) is 0 Å². The van der Waals surface area contributed by atoms with Gasteiger partial charge in [-0.2, -0.15) is 0 Å². The minimum Gasteiger partial charge on any atom is -0.327 e. The fourth-order valence-electron chi connectivity index (χ4n) is 7.88. The molecule has 5 nitrogen and oxygen atoms in total. The Morgan fingerprint density at radius 3 is 2.00 bits per heavy atom. The Morgan fingerprint density at radius 1 is 0.520 bits per heavy atom. The van der Waals surface area contributed by atoms with E-state index in [-0.39, 0.29) is 5.41 Å². The number of pyridine rings is 1. The Kier molecular flexibility index (Phi) is 5.99. The summed E-state index contributed by atoms with van der Waals surface area (Å²) in [5.41, 5.74) is 10.2. The molecule has 0 aliphatic heterocycles. The molecule has 10 rings (SSSR count). The lowest BCUT2D eigenvalue weighted by molar-refractivity contribution is 0.588. The summed E-state index contributed by atoms with van der Waals surface area (Å²) in [6.45, 7) is 6.77. The second kappa shape index (κ2) is 10.4. The summed E-state index contributed by atoms with van der Waals surface area (Å²) in [6, 6.07) is 48.4. The van der Waals surface area contributed by atoms with E-state index in [0.29, 0.717) is 0 Å². The third-order valence-corrected chi connectivity index (χ3v) is 10.4. The molecule has 0 bridgehead atoms. The van der Waals surface area contributed by atoms with Crippen molar-refractivity contribution in [2.45, 2.75) is 26.2 Å². The molecule has 5 heteroatoms. The molecule has 0 amide bonds. The number of nitrogens with zero attached hydrogens (tertiary/aromatic N) is 5. The predicted molar refractivity (Wildman–Crippen MR) is 209 cm³/mol. The molecular weight excluding hydrogens is 611 g/mol. The first-order chi connectivity index (χ1) is 24.3. The van der Waals surface area contributed by atoms with Gasteiger partial charge in [-0.1, -0.05) is 93.6 Å². The van der Waals surface area contributed by atoms with E-state index >= 15 is 0 Å². The minimum atomic E-state index is -0.00591. The number of fused-ring (bicyclic) bond motifs is 8. The number of aromatic nitrogens is 5. The summed E-state index contributed by atoms with van der Waals surface area (Å²) in [5, 5.41) is 7.32. The lowest BCUT2D eigenvalue weighted by Gasteiger charge is -2.20. The van der Waals surface area contributed by atoms with Gasteiger partial charge in [-0.05, 0) is 82.4 Å². The van der Waals surface area contributed by atoms with Crippen LogP contribution in [-0.4, -0.2) is 23.7 Å². The van der Waals surface area contributed by atoms with E-state index in [0.717, 1.165) is 50.5 Å². The van der Waals surface area contributed by atoms with Gasteiger partial charge in [0.05, 0.1) is 33.1 Å². The zero-order valence-electron chi connectivity index (χ0n) is 28.5. The van der Waals surface area contributed by atoms with Gasteiger partial charge in [-0.15, -0.1) is 0 Å². The summed E-state index contributed by atoms with van der Waals surface area (Å²) >= 11 is 0. The Morgan fingerprint density at radius 2 is 1.18 bits per heavy atom. The average Bonchev–Trinajstić information content (AvgIpc) is 3.76. The van der Waals surface area contributed by atoms with E-state index in [9.17, 15) is 0 Å². The van der Waals surface area contributed by atoms with Gasteiger partial charge in [0.25, 0.3) is 0 Å². The topological polar surface area (TPSA) is 40.6 Å². The SMILES string of the molecule is Cn1c(-c2ccc3c4ccccc4n(-c4ccc5c6cc7ccccc7cc6n(-c6cc(C(C)(C)C)ccn6)c5c4)c3c2)nc2ccccc21. The number of hydrogen-bond donors (Lipinski definition) is 0. The molecule has 0 saturated heterocycles. The van der Waals surface area contributed by atoms with E-state index in [4.69, 9.17) is 9.97 Å². The van der Waals surface area contributed by atoms with E-state index in [1.54, 1.807) is 0 Å². The summed E-state index contributed by atoms with van der Waals surface area (Å²) < 4.78 is 6.96. The fourth-order valence-corrected chi connectivity index (χ4v) is 7.88. The fraction of sp³-hybridized carbons (Fsp3) is 0.111. The Bertz CT molecular complexity index is 2980. The maximum atomic E-state index is 5.05. The van der Waals surface area contributed by atoms with Gasteiger partial charge in [0, 0.05) is 46.0 Å². The van der Waals surface area contributed by atoms with Crippen molar-refractivity contribution >= 4 is 65.4 Å². The standard InChI is InChI=1S/C45H35N5/c1-45(2,3)31-21-22-46-43(26-31)50-41-24-29-12-6-5-11-28(29)23-36(41)35-20-18-32(27-42(35)50)49-38-15-9-7-13-33(38)34-19-17-30(25-40(34)49)44-47-37-14-8-10-16-39(37)48(44)4/h5-27H,1-4H3. The Labute approximate surface area is 289 Å². The lowest BCUT2D eigenvalue weighted by atomic mass is 9.88. The average molecular weight is 646 g/mol. The van der Waals surface area contributed by atoms with Gasteiger partial charge >= 0.3 is 0 Å². The summed E-state index contributed by atoms with van der Waals surface area (Å²) in [7, 11) is 2.10. The molecule has 0 fully saturated rings. The van der Waals surface area contributed by atoms with Crippen LogP contribution in [0.2, 0.25) is 0 Å². The molecule has 0 atom stereocenters. The second-order valence-corrected chi connectivity index (χ2v) is 14.5. The van der Waals surface area contributed by atoms with Crippen molar-refractivity contribution in [3.63, 3.8) is 0 Å². The molecule has 4 aromatic heterocycles. The summed E-state index contributed by atoms with van der Waals surface area (Å²) in [4.78, 5) is 10.0. The van der Waals surface area contributed by atoms with Crippen molar-refractivity contribution in [1.82, 2.24) is 23.7 Å². The Hall–Kier alpha value is -6.20. The first-order valence-electron chi connectivity index (χ1n) is 17.2. The molecule has 0 radical (unpaired) electrons. The molecule has 6 aromatic carbocycles. The molecule has 10 aromatic rings. The smallest absolute Gasteiger partial charge is 0.140 e. The zero-order valence-corrected chi connectivity index (χ0v) is 28.5. The van der Waals surface area contributed by atoms with Crippen molar-refractivity contribution in [2.24, 2.45) is 7.05 Å². The van der Waals surface area contributed by atoms with Gasteiger partial charge in [-0.3, -0.25) is 4.57 Å². The van der Waals surface area contributed by atoms with Crippen LogP contribution in [0.3, 0.4) is 0 Å². The molecule has 0 N–H and O–H groups in total. The summed E-state index contributed by atoms with van der Waals surface area (Å²) in [5.74, 6) is 1.88. The number of rotatable bonds is 3.